The van der Waals surface area contributed by atoms with Gasteiger partial charge in [-0.1, -0.05) is 18.5 Å². The van der Waals surface area contributed by atoms with E-state index >= 15 is 0 Å². The van der Waals surface area contributed by atoms with E-state index in [-0.39, 0.29) is 11.5 Å². The van der Waals surface area contributed by atoms with Gasteiger partial charge in [-0.25, -0.2) is 0 Å². The normalized spacial score (nSPS) is 35.7. The predicted octanol–water partition coefficient (Wildman–Crippen LogP) is 2.33. The van der Waals surface area contributed by atoms with Crippen LogP contribution in [0.1, 0.15) is 63.1 Å². The highest BCUT2D eigenvalue weighted by atomic mass is 16.5. The summed E-state index contributed by atoms with van der Waals surface area (Å²) in [7, 11) is 0. The van der Waals surface area contributed by atoms with Crippen LogP contribution in [0.25, 0.3) is 0 Å². The minimum absolute atomic E-state index is 0.261. The number of aromatic nitrogens is 2. The van der Waals surface area contributed by atoms with Crippen LogP contribution in [-0.2, 0) is 10.3 Å². The molecule has 1 aliphatic carbocycles. The zero-order valence-electron chi connectivity index (χ0n) is 11.6. The standard InChI is InChI=1S/C14H23N3O2/c1-2-10-3-6-14(15,7-4-10)13-16-12(19-17-13)11-5-8-18-9-11/h10-11H,2-9,15H2,1H3. The molecule has 1 saturated carbocycles. The number of hydrogen-bond donors (Lipinski definition) is 1. The molecule has 1 atom stereocenters. The molecule has 106 valence electrons. The molecule has 2 aliphatic rings. The molecule has 5 nitrogen and oxygen atoms in total. The van der Waals surface area contributed by atoms with Crippen molar-refractivity contribution in [2.75, 3.05) is 13.2 Å². The summed E-state index contributed by atoms with van der Waals surface area (Å²) in [5, 5.41) is 4.14. The Labute approximate surface area is 113 Å². The summed E-state index contributed by atoms with van der Waals surface area (Å²) >= 11 is 0. The molecule has 5 heteroatoms. The van der Waals surface area contributed by atoms with Crippen molar-refractivity contribution >= 4 is 0 Å². The van der Waals surface area contributed by atoms with Gasteiger partial charge in [0, 0.05) is 6.61 Å². The highest BCUT2D eigenvalue weighted by molar-refractivity contribution is 5.08. The minimum atomic E-state index is -0.382. The number of nitrogens with zero attached hydrogens (tertiary/aromatic N) is 2. The van der Waals surface area contributed by atoms with Gasteiger partial charge in [0.1, 0.15) is 0 Å². The molecule has 3 rings (SSSR count). The van der Waals surface area contributed by atoms with Gasteiger partial charge in [-0.3, -0.25) is 0 Å². The van der Waals surface area contributed by atoms with E-state index in [4.69, 9.17) is 15.0 Å². The van der Waals surface area contributed by atoms with Crippen LogP contribution in [0, 0.1) is 5.92 Å². The van der Waals surface area contributed by atoms with Gasteiger partial charge in [0.25, 0.3) is 0 Å². The summed E-state index contributed by atoms with van der Waals surface area (Å²) in [5.41, 5.74) is 6.11. The lowest BCUT2D eigenvalue weighted by molar-refractivity contribution is 0.189. The topological polar surface area (TPSA) is 74.2 Å². The third kappa shape index (κ3) is 2.54. The summed E-state index contributed by atoms with van der Waals surface area (Å²) in [6.45, 7) is 3.73. The Morgan fingerprint density at radius 3 is 2.74 bits per heavy atom. The van der Waals surface area contributed by atoms with Crippen LogP contribution in [-0.4, -0.2) is 23.4 Å². The van der Waals surface area contributed by atoms with Gasteiger partial charge in [-0.2, -0.15) is 4.98 Å². The van der Waals surface area contributed by atoms with Crippen LogP contribution in [0.5, 0.6) is 0 Å². The maximum absolute atomic E-state index is 6.49. The fraction of sp³-hybridized carbons (Fsp3) is 0.857. The minimum Gasteiger partial charge on any atom is -0.381 e. The molecule has 19 heavy (non-hydrogen) atoms. The zero-order chi connectivity index (χ0) is 13.3. The van der Waals surface area contributed by atoms with Crippen LogP contribution in [0.3, 0.4) is 0 Å². The second-order valence-electron chi connectivity index (χ2n) is 6.02. The molecule has 0 bridgehead atoms. The molecule has 1 unspecified atom stereocenters. The van der Waals surface area contributed by atoms with Gasteiger partial charge in [0.2, 0.25) is 5.89 Å². The lowest BCUT2D eigenvalue weighted by atomic mass is 9.76. The van der Waals surface area contributed by atoms with E-state index in [0.717, 1.165) is 31.8 Å². The molecule has 2 fully saturated rings. The molecule has 2 N–H and O–H groups in total. The van der Waals surface area contributed by atoms with Crippen LogP contribution >= 0.6 is 0 Å². The third-order valence-corrected chi connectivity index (χ3v) is 4.74. The Balaban J connectivity index is 1.71. The first kappa shape index (κ1) is 13.1. The first-order valence-corrected chi connectivity index (χ1v) is 7.42. The van der Waals surface area contributed by atoms with Gasteiger partial charge >= 0.3 is 0 Å². The number of nitrogens with two attached hydrogens (primary N) is 1. The Bertz CT molecular complexity index is 418. The highest BCUT2D eigenvalue weighted by Crippen LogP contribution is 2.38. The zero-order valence-corrected chi connectivity index (χ0v) is 11.6. The van der Waals surface area contributed by atoms with Crippen LogP contribution in [0.15, 0.2) is 4.52 Å². The highest BCUT2D eigenvalue weighted by Gasteiger charge is 2.37. The second-order valence-corrected chi connectivity index (χ2v) is 6.02. The van der Waals surface area contributed by atoms with Crippen LogP contribution in [0.4, 0.5) is 0 Å². The van der Waals surface area contributed by atoms with Gasteiger partial charge in [-0.15, -0.1) is 0 Å². The van der Waals surface area contributed by atoms with Crippen molar-refractivity contribution in [1.82, 2.24) is 10.1 Å². The molecule has 1 saturated heterocycles. The Morgan fingerprint density at radius 1 is 1.32 bits per heavy atom. The summed E-state index contributed by atoms with van der Waals surface area (Å²) in [5.74, 6) is 2.47. The fourth-order valence-electron chi connectivity index (χ4n) is 3.16. The first-order chi connectivity index (χ1) is 9.21. The maximum atomic E-state index is 6.49. The van der Waals surface area contributed by atoms with Crippen molar-refractivity contribution < 1.29 is 9.26 Å². The molecular formula is C14H23N3O2. The Kier molecular flexibility index (Phi) is 3.58. The molecule has 0 radical (unpaired) electrons. The van der Waals surface area contributed by atoms with Crippen molar-refractivity contribution in [1.29, 1.82) is 0 Å². The van der Waals surface area contributed by atoms with Crippen LogP contribution in [0.2, 0.25) is 0 Å². The molecule has 0 amide bonds. The van der Waals surface area contributed by atoms with E-state index < -0.39 is 0 Å². The molecule has 1 aliphatic heterocycles. The summed E-state index contributed by atoms with van der Waals surface area (Å²) < 4.78 is 10.8. The molecular weight excluding hydrogens is 242 g/mol. The molecule has 0 aromatic carbocycles. The van der Waals surface area contributed by atoms with E-state index in [9.17, 15) is 0 Å². The molecule has 0 spiro atoms. The smallest absolute Gasteiger partial charge is 0.232 e. The quantitative estimate of drug-likeness (QED) is 0.908. The van der Waals surface area contributed by atoms with Gasteiger partial charge in [-0.05, 0) is 38.0 Å². The van der Waals surface area contributed by atoms with E-state index in [1.54, 1.807) is 0 Å². The Morgan fingerprint density at radius 2 is 2.11 bits per heavy atom. The van der Waals surface area contributed by atoms with E-state index in [2.05, 4.69) is 17.1 Å². The van der Waals surface area contributed by atoms with Crippen molar-refractivity contribution in [3.05, 3.63) is 11.7 Å². The summed E-state index contributed by atoms with van der Waals surface area (Å²) in [6.07, 6.45) is 6.48. The maximum Gasteiger partial charge on any atom is 0.232 e. The van der Waals surface area contributed by atoms with Crippen LogP contribution < -0.4 is 5.73 Å². The van der Waals surface area contributed by atoms with Gasteiger partial charge < -0.3 is 15.0 Å². The second kappa shape index (κ2) is 5.21. The summed E-state index contributed by atoms with van der Waals surface area (Å²) in [6, 6.07) is 0. The SMILES string of the molecule is CCC1CCC(N)(c2noc(C3CCOC3)n2)CC1. The summed E-state index contributed by atoms with van der Waals surface area (Å²) in [4.78, 5) is 4.56. The van der Waals surface area contributed by atoms with Crippen molar-refractivity contribution in [2.24, 2.45) is 11.7 Å². The average Bonchev–Trinajstić information content (AvgIpc) is 3.10. The van der Waals surface area contributed by atoms with Crippen molar-refractivity contribution in [3.8, 4) is 0 Å². The Hall–Kier alpha value is -0.940. The van der Waals surface area contributed by atoms with Crippen molar-refractivity contribution in [2.45, 2.75) is 56.9 Å². The number of ether oxygens (including phenoxy) is 1. The first-order valence-electron chi connectivity index (χ1n) is 7.42. The lowest BCUT2D eigenvalue weighted by Crippen LogP contribution is -2.41. The monoisotopic (exact) mass is 265 g/mol. The van der Waals surface area contributed by atoms with Gasteiger partial charge in [0.15, 0.2) is 5.82 Å². The van der Waals surface area contributed by atoms with Crippen molar-refractivity contribution in [3.63, 3.8) is 0 Å². The van der Waals surface area contributed by atoms with Gasteiger partial charge in [0.05, 0.1) is 18.1 Å². The molecule has 2 heterocycles. The fourth-order valence-corrected chi connectivity index (χ4v) is 3.16. The molecule has 1 aromatic rings. The largest absolute Gasteiger partial charge is 0.381 e. The van der Waals surface area contributed by atoms with E-state index in [1.165, 1.54) is 19.3 Å². The number of hydrogen-bond acceptors (Lipinski definition) is 5. The average molecular weight is 265 g/mol. The van der Waals surface area contributed by atoms with E-state index in [1.807, 2.05) is 0 Å². The van der Waals surface area contributed by atoms with E-state index in [0.29, 0.717) is 18.3 Å². The third-order valence-electron chi connectivity index (χ3n) is 4.74. The number of rotatable bonds is 3. The predicted molar refractivity (Wildman–Crippen MR) is 70.6 cm³/mol. The molecule has 1 aromatic heterocycles. The lowest BCUT2D eigenvalue weighted by Gasteiger charge is -2.34.